The molecule has 1 unspecified atom stereocenters. The summed E-state index contributed by atoms with van der Waals surface area (Å²) in [4.78, 5) is 14.8. The fourth-order valence-electron chi connectivity index (χ4n) is 2.59. The molecule has 0 aliphatic rings. The van der Waals surface area contributed by atoms with Gasteiger partial charge in [0, 0.05) is 6.20 Å². The number of ether oxygens (including phenoxy) is 1. The van der Waals surface area contributed by atoms with E-state index in [2.05, 4.69) is 4.98 Å². The SMILES string of the molecule is CCC(c1ccc(F)c(C(F)(F)F)c1)n1c(C(=O)OCCO)c[nH]c1=S. The second kappa shape index (κ2) is 8.00. The maximum absolute atomic E-state index is 13.6. The first-order valence-corrected chi connectivity index (χ1v) is 8.06. The Morgan fingerprint density at radius 1 is 1.42 bits per heavy atom. The summed E-state index contributed by atoms with van der Waals surface area (Å²) in [7, 11) is 0. The predicted octanol–water partition coefficient (Wildman–Crippen LogP) is 3.85. The third-order valence-corrected chi connectivity index (χ3v) is 4.04. The quantitative estimate of drug-likeness (QED) is 0.445. The van der Waals surface area contributed by atoms with Gasteiger partial charge in [-0.3, -0.25) is 0 Å². The second-order valence-corrected chi connectivity index (χ2v) is 5.76. The lowest BCUT2D eigenvalue weighted by molar-refractivity contribution is -0.140. The Morgan fingerprint density at radius 2 is 2.12 bits per heavy atom. The van der Waals surface area contributed by atoms with E-state index in [9.17, 15) is 22.4 Å². The van der Waals surface area contributed by atoms with Crippen LogP contribution in [0.3, 0.4) is 0 Å². The van der Waals surface area contributed by atoms with Gasteiger partial charge in [-0.15, -0.1) is 0 Å². The number of imidazole rings is 1. The molecular weight excluding hydrogens is 376 g/mol. The number of hydrogen-bond donors (Lipinski definition) is 2. The molecule has 0 radical (unpaired) electrons. The summed E-state index contributed by atoms with van der Waals surface area (Å²) in [6.45, 7) is 1.09. The van der Waals surface area contributed by atoms with Crippen LogP contribution in [-0.4, -0.2) is 33.8 Å². The highest BCUT2D eigenvalue weighted by Crippen LogP contribution is 2.34. The molecule has 0 saturated heterocycles. The average Bonchev–Trinajstić information content (AvgIpc) is 2.95. The third kappa shape index (κ3) is 4.13. The Bertz CT molecular complexity index is 845. The maximum Gasteiger partial charge on any atom is 0.419 e. The van der Waals surface area contributed by atoms with Crippen molar-refractivity contribution >= 4 is 18.2 Å². The van der Waals surface area contributed by atoms with Crippen LogP contribution >= 0.6 is 12.2 Å². The number of aromatic amines is 1. The Hall–Kier alpha value is -2.20. The van der Waals surface area contributed by atoms with Gasteiger partial charge in [-0.1, -0.05) is 13.0 Å². The van der Waals surface area contributed by atoms with Gasteiger partial charge in [0.15, 0.2) is 4.77 Å². The summed E-state index contributed by atoms with van der Waals surface area (Å²) >= 11 is 5.13. The number of aromatic nitrogens is 2. The zero-order valence-corrected chi connectivity index (χ0v) is 14.5. The number of hydrogen-bond acceptors (Lipinski definition) is 4. The third-order valence-electron chi connectivity index (χ3n) is 3.72. The molecule has 0 saturated carbocycles. The van der Waals surface area contributed by atoms with Crippen molar-refractivity contribution in [2.45, 2.75) is 25.6 Å². The van der Waals surface area contributed by atoms with Gasteiger partial charge in [-0.2, -0.15) is 13.2 Å². The summed E-state index contributed by atoms with van der Waals surface area (Å²) < 4.78 is 58.8. The van der Waals surface area contributed by atoms with Crippen molar-refractivity contribution in [2.24, 2.45) is 0 Å². The largest absolute Gasteiger partial charge is 0.459 e. The van der Waals surface area contributed by atoms with Crippen LogP contribution in [-0.2, 0) is 10.9 Å². The van der Waals surface area contributed by atoms with Gasteiger partial charge >= 0.3 is 12.1 Å². The lowest BCUT2D eigenvalue weighted by Gasteiger charge is -2.21. The molecule has 0 aliphatic carbocycles. The zero-order valence-electron chi connectivity index (χ0n) is 13.6. The number of H-pyrrole nitrogens is 1. The Morgan fingerprint density at radius 3 is 2.69 bits per heavy atom. The molecule has 0 amide bonds. The highest BCUT2D eigenvalue weighted by molar-refractivity contribution is 7.71. The first kappa shape index (κ1) is 20.1. The number of aliphatic hydroxyl groups is 1. The molecule has 1 heterocycles. The molecule has 1 aromatic heterocycles. The molecular formula is C16H16F4N2O3S. The molecule has 5 nitrogen and oxygen atoms in total. The summed E-state index contributed by atoms with van der Waals surface area (Å²) in [5.74, 6) is -2.17. The minimum Gasteiger partial charge on any atom is -0.459 e. The highest BCUT2D eigenvalue weighted by Gasteiger charge is 2.35. The maximum atomic E-state index is 13.6. The molecule has 10 heteroatoms. The molecule has 2 rings (SSSR count). The Kier molecular flexibility index (Phi) is 6.19. The van der Waals surface area contributed by atoms with Gasteiger partial charge in [-0.25, -0.2) is 9.18 Å². The van der Waals surface area contributed by atoms with Gasteiger partial charge in [0.05, 0.1) is 18.2 Å². The van der Waals surface area contributed by atoms with Gasteiger partial charge < -0.3 is 19.4 Å². The van der Waals surface area contributed by atoms with Crippen LogP contribution in [0.2, 0.25) is 0 Å². The Labute approximate surface area is 151 Å². The number of halogens is 4. The number of nitrogens with zero attached hydrogens (tertiary/aromatic N) is 1. The van der Waals surface area contributed by atoms with Gasteiger partial charge in [0.2, 0.25) is 0 Å². The number of carbonyl (C=O) groups is 1. The lowest BCUT2D eigenvalue weighted by atomic mass is 10.0. The van der Waals surface area contributed by atoms with Crippen molar-refractivity contribution in [3.63, 3.8) is 0 Å². The molecule has 2 N–H and O–H groups in total. The minimum atomic E-state index is -4.85. The second-order valence-electron chi connectivity index (χ2n) is 5.37. The molecule has 2 aromatic rings. The molecule has 0 spiro atoms. The summed E-state index contributed by atoms with van der Waals surface area (Å²) in [5.41, 5.74) is -1.25. The van der Waals surface area contributed by atoms with E-state index in [1.165, 1.54) is 16.8 Å². The van der Waals surface area contributed by atoms with E-state index in [4.69, 9.17) is 22.1 Å². The van der Waals surface area contributed by atoms with Crippen molar-refractivity contribution in [2.75, 3.05) is 13.2 Å². The van der Waals surface area contributed by atoms with E-state index >= 15 is 0 Å². The molecule has 1 aromatic carbocycles. The molecule has 0 aliphatic heterocycles. The van der Waals surface area contributed by atoms with Crippen molar-refractivity contribution in [3.8, 4) is 0 Å². The van der Waals surface area contributed by atoms with Gasteiger partial charge in [0.1, 0.15) is 18.1 Å². The van der Waals surface area contributed by atoms with Crippen LogP contribution in [0.5, 0.6) is 0 Å². The van der Waals surface area contributed by atoms with Gasteiger partial charge in [-0.05, 0) is 36.3 Å². The smallest absolute Gasteiger partial charge is 0.419 e. The van der Waals surface area contributed by atoms with Crippen molar-refractivity contribution < 1.29 is 32.2 Å². The first-order valence-electron chi connectivity index (χ1n) is 7.65. The first-order chi connectivity index (χ1) is 12.2. The lowest BCUT2D eigenvalue weighted by Crippen LogP contribution is -2.19. The van der Waals surface area contributed by atoms with Gasteiger partial charge in [0.25, 0.3) is 0 Å². The fraction of sp³-hybridized carbons (Fsp3) is 0.375. The number of carbonyl (C=O) groups excluding carboxylic acids is 1. The van der Waals surface area contributed by atoms with Crippen LogP contribution < -0.4 is 0 Å². The molecule has 1 atom stereocenters. The number of rotatable bonds is 6. The van der Waals surface area contributed by atoms with Crippen molar-refractivity contribution in [1.82, 2.24) is 9.55 Å². The summed E-state index contributed by atoms with van der Waals surface area (Å²) in [6.07, 6.45) is -3.28. The summed E-state index contributed by atoms with van der Waals surface area (Å²) in [5, 5.41) is 8.75. The van der Waals surface area contributed by atoms with E-state index in [1.54, 1.807) is 6.92 Å². The van der Waals surface area contributed by atoms with E-state index < -0.39 is 29.6 Å². The predicted molar refractivity (Wildman–Crippen MR) is 86.8 cm³/mol. The average molecular weight is 392 g/mol. The monoisotopic (exact) mass is 392 g/mol. The van der Waals surface area contributed by atoms with Crippen LogP contribution in [0, 0.1) is 10.6 Å². The topological polar surface area (TPSA) is 67.2 Å². The molecule has 142 valence electrons. The number of benzene rings is 1. The van der Waals surface area contributed by atoms with Crippen LogP contribution in [0.1, 0.15) is 41.0 Å². The minimum absolute atomic E-state index is 0.00631. The summed E-state index contributed by atoms with van der Waals surface area (Å²) in [6, 6.07) is 1.92. The van der Waals surface area contributed by atoms with E-state index in [0.29, 0.717) is 6.07 Å². The van der Waals surface area contributed by atoms with Crippen molar-refractivity contribution in [1.29, 1.82) is 0 Å². The molecule has 0 fully saturated rings. The molecule has 26 heavy (non-hydrogen) atoms. The van der Waals surface area contributed by atoms with E-state index in [-0.39, 0.29) is 35.7 Å². The number of nitrogens with one attached hydrogen (secondary N) is 1. The fourth-order valence-corrected chi connectivity index (χ4v) is 2.88. The van der Waals surface area contributed by atoms with E-state index in [0.717, 1.165) is 6.07 Å². The van der Waals surface area contributed by atoms with Crippen LogP contribution in [0.25, 0.3) is 0 Å². The normalized spacial score (nSPS) is 12.8. The zero-order chi connectivity index (χ0) is 19.5. The van der Waals surface area contributed by atoms with Crippen LogP contribution in [0.15, 0.2) is 24.4 Å². The standard InChI is InChI=1S/C16H16F4N2O3S/c1-2-12(9-3-4-11(17)10(7-9)16(18,19)20)22-13(8-21-15(22)26)14(24)25-6-5-23/h3-4,7-8,12,23H,2,5-6H2,1H3,(H,21,26). The van der Waals surface area contributed by atoms with Crippen molar-refractivity contribution in [3.05, 3.63) is 51.8 Å². The number of alkyl halides is 3. The Balaban J connectivity index is 2.52. The highest BCUT2D eigenvalue weighted by atomic mass is 32.1. The van der Waals surface area contributed by atoms with Crippen LogP contribution in [0.4, 0.5) is 17.6 Å². The number of aliphatic hydroxyl groups excluding tert-OH is 1. The molecule has 0 bridgehead atoms. The number of esters is 1. The van der Waals surface area contributed by atoms with E-state index in [1.807, 2.05) is 0 Å².